The molecule has 0 aliphatic heterocycles. The average Bonchev–Trinajstić information content (AvgIpc) is 2.30. The first kappa shape index (κ1) is 10.5. The van der Waals surface area contributed by atoms with E-state index in [1.165, 1.54) is 21.9 Å². The van der Waals surface area contributed by atoms with Crippen LogP contribution in [0.4, 0.5) is 0 Å². The second-order valence-corrected chi connectivity index (χ2v) is 3.84. The molecule has 0 bridgehead atoms. The molecule has 0 heteroatoms. The Morgan fingerprint density at radius 3 is 2.31 bits per heavy atom. The van der Waals surface area contributed by atoms with Crippen molar-refractivity contribution in [2.24, 2.45) is 0 Å². The summed E-state index contributed by atoms with van der Waals surface area (Å²) in [6.07, 6.45) is 8.88. The molecule has 0 N–H and O–H groups in total. The van der Waals surface area contributed by atoms with Crippen molar-refractivity contribution in [2.75, 3.05) is 0 Å². The molecule has 0 aliphatic carbocycles. The van der Waals surface area contributed by atoms with Crippen molar-refractivity contribution >= 4 is 10.8 Å². The van der Waals surface area contributed by atoms with Gasteiger partial charge in [-0.3, -0.25) is 0 Å². The van der Waals surface area contributed by atoms with Gasteiger partial charge in [0.25, 0.3) is 0 Å². The van der Waals surface area contributed by atoms with Crippen molar-refractivity contribution in [3.63, 3.8) is 0 Å². The molecule has 0 fully saturated rings. The Kier molecular flexibility index (Phi) is 3.08. The van der Waals surface area contributed by atoms with Gasteiger partial charge in [0.1, 0.15) is 0 Å². The average molecular weight is 206 g/mol. The first-order valence-electron chi connectivity index (χ1n) is 5.40. The SMILES string of the molecule is C#CCc1cc2ccccc2cc1CC=C. The highest BCUT2D eigenvalue weighted by molar-refractivity contribution is 5.84. The molecule has 0 atom stereocenters. The number of benzene rings is 2. The normalized spacial score (nSPS) is 9.94. The molecule has 0 spiro atoms. The molecule has 0 aliphatic rings. The maximum absolute atomic E-state index is 5.39. The summed E-state index contributed by atoms with van der Waals surface area (Å²) >= 11 is 0. The topological polar surface area (TPSA) is 0 Å². The molecular formula is C16H14. The number of rotatable bonds is 3. The maximum Gasteiger partial charge on any atom is 0.0340 e. The lowest BCUT2D eigenvalue weighted by Crippen LogP contribution is -1.92. The highest BCUT2D eigenvalue weighted by Gasteiger charge is 2.02. The van der Waals surface area contributed by atoms with Gasteiger partial charge in [-0.15, -0.1) is 18.9 Å². The molecular weight excluding hydrogens is 192 g/mol. The molecule has 0 aromatic heterocycles. The minimum Gasteiger partial charge on any atom is -0.120 e. The van der Waals surface area contributed by atoms with E-state index in [1.54, 1.807) is 0 Å². The standard InChI is InChI=1S/C16H14/c1-3-7-13-11-15-9-5-6-10-16(15)12-14(13)8-4-2/h1,4-6,9-12H,2,7-8H2. The van der Waals surface area contributed by atoms with Crippen LogP contribution in [-0.2, 0) is 12.8 Å². The molecule has 16 heavy (non-hydrogen) atoms. The van der Waals surface area contributed by atoms with E-state index >= 15 is 0 Å². The van der Waals surface area contributed by atoms with Crippen molar-refractivity contribution in [3.8, 4) is 12.3 Å². The number of terminal acetylenes is 1. The van der Waals surface area contributed by atoms with E-state index in [4.69, 9.17) is 6.42 Å². The van der Waals surface area contributed by atoms with Crippen LogP contribution in [0.2, 0.25) is 0 Å². The first-order valence-corrected chi connectivity index (χ1v) is 5.40. The van der Waals surface area contributed by atoms with Gasteiger partial charge in [-0.2, -0.15) is 0 Å². The molecule has 0 saturated heterocycles. The Morgan fingerprint density at radius 1 is 1.12 bits per heavy atom. The van der Waals surface area contributed by atoms with Crippen LogP contribution in [0, 0.1) is 12.3 Å². The highest BCUT2D eigenvalue weighted by atomic mass is 14.1. The Hall–Kier alpha value is -2.00. The second-order valence-electron chi connectivity index (χ2n) is 3.84. The van der Waals surface area contributed by atoms with Crippen molar-refractivity contribution in [3.05, 3.63) is 60.2 Å². The van der Waals surface area contributed by atoms with Gasteiger partial charge in [-0.05, 0) is 34.4 Å². The molecule has 2 aromatic rings. The van der Waals surface area contributed by atoms with Gasteiger partial charge in [0, 0.05) is 6.42 Å². The smallest absolute Gasteiger partial charge is 0.0340 e. The predicted molar refractivity (Wildman–Crippen MR) is 70.4 cm³/mol. The monoisotopic (exact) mass is 206 g/mol. The molecule has 0 saturated carbocycles. The summed E-state index contributed by atoms with van der Waals surface area (Å²) in [6.45, 7) is 3.79. The summed E-state index contributed by atoms with van der Waals surface area (Å²) in [5.74, 6) is 2.71. The van der Waals surface area contributed by atoms with E-state index in [0.29, 0.717) is 6.42 Å². The van der Waals surface area contributed by atoms with Crippen LogP contribution in [0.3, 0.4) is 0 Å². The van der Waals surface area contributed by atoms with Crippen LogP contribution in [-0.4, -0.2) is 0 Å². The van der Waals surface area contributed by atoms with E-state index in [-0.39, 0.29) is 0 Å². The van der Waals surface area contributed by atoms with Crippen molar-refractivity contribution in [1.29, 1.82) is 0 Å². The molecule has 78 valence electrons. The van der Waals surface area contributed by atoms with Crippen LogP contribution >= 0.6 is 0 Å². The number of hydrogen-bond donors (Lipinski definition) is 0. The Labute approximate surface area is 96.6 Å². The largest absolute Gasteiger partial charge is 0.120 e. The van der Waals surface area contributed by atoms with Crippen LogP contribution in [0.15, 0.2) is 49.1 Å². The third kappa shape index (κ3) is 1.99. The van der Waals surface area contributed by atoms with Crippen LogP contribution in [0.5, 0.6) is 0 Å². The number of allylic oxidation sites excluding steroid dienone is 1. The zero-order valence-corrected chi connectivity index (χ0v) is 9.24. The van der Waals surface area contributed by atoms with Crippen LogP contribution in [0.1, 0.15) is 11.1 Å². The van der Waals surface area contributed by atoms with Gasteiger partial charge < -0.3 is 0 Å². The summed E-state index contributed by atoms with van der Waals surface area (Å²) in [6, 6.07) is 12.8. The third-order valence-electron chi connectivity index (χ3n) is 2.72. The number of fused-ring (bicyclic) bond motifs is 1. The minimum atomic E-state index is 0.688. The van der Waals surface area contributed by atoms with Gasteiger partial charge in [-0.25, -0.2) is 0 Å². The van der Waals surface area contributed by atoms with Crippen LogP contribution < -0.4 is 0 Å². The summed E-state index contributed by atoms with van der Waals surface area (Å²) in [5.41, 5.74) is 2.52. The zero-order valence-electron chi connectivity index (χ0n) is 9.24. The third-order valence-corrected chi connectivity index (χ3v) is 2.72. The molecule has 2 rings (SSSR count). The molecule has 2 aromatic carbocycles. The van der Waals surface area contributed by atoms with Crippen LogP contribution in [0.25, 0.3) is 10.8 Å². The van der Waals surface area contributed by atoms with Gasteiger partial charge in [-0.1, -0.05) is 36.4 Å². The van der Waals surface area contributed by atoms with E-state index in [0.717, 1.165) is 6.42 Å². The van der Waals surface area contributed by atoms with Gasteiger partial charge in [0.05, 0.1) is 0 Å². The van der Waals surface area contributed by atoms with Crippen molar-refractivity contribution in [1.82, 2.24) is 0 Å². The molecule has 0 unspecified atom stereocenters. The Balaban J connectivity index is 2.61. The minimum absolute atomic E-state index is 0.688. The summed E-state index contributed by atoms with van der Waals surface area (Å²) < 4.78 is 0. The summed E-state index contributed by atoms with van der Waals surface area (Å²) in [7, 11) is 0. The fourth-order valence-electron chi connectivity index (χ4n) is 1.95. The second kappa shape index (κ2) is 4.68. The summed E-state index contributed by atoms with van der Waals surface area (Å²) in [5, 5.41) is 2.51. The van der Waals surface area contributed by atoms with E-state index in [1.807, 2.05) is 6.08 Å². The Bertz CT molecular complexity index is 556. The molecule has 0 radical (unpaired) electrons. The fourth-order valence-corrected chi connectivity index (χ4v) is 1.95. The summed E-state index contributed by atoms with van der Waals surface area (Å²) in [4.78, 5) is 0. The molecule has 0 heterocycles. The lowest BCUT2D eigenvalue weighted by Gasteiger charge is -2.07. The molecule has 0 amide bonds. The van der Waals surface area contributed by atoms with Gasteiger partial charge >= 0.3 is 0 Å². The zero-order chi connectivity index (χ0) is 11.4. The van der Waals surface area contributed by atoms with Gasteiger partial charge in [0.15, 0.2) is 0 Å². The first-order chi connectivity index (χ1) is 7.85. The lowest BCUT2D eigenvalue weighted by atomic mass is 9.97. The number of hydrogen-bond acceptors (Lipinski definition) is 0. The van der Waals surface area contributed by atoms with Crippen molar-refractivity contribution in [2.45, 2.75) is 12.8 Å². The van der Waals surface area contributed by atoms with Crippen molar-refractivity contribution < 1.29 is 0 Å². The highest BCUT2D eigenvalue weighted by Crippen LogP contribution is 2.21. The quantitative estimate of drug-likeness (QED) is 0.530. The van der Waals surface area contributed by atoms with E-state index in [2.05, 4.69) is 48.9 Å². The molecule has 0 nitrogen and oxygen atoms in total. The van der Waals surface area contributed by atoms with Gasteiger partial charge in [0.2, 0.25) is 0 Å². The Morgan fingerprint density at radius 2 is 1.75 bits per heavy atom. The maximum atomic E-state index is 5.39. The predicted octanol–water partition coefficient (Wildman–Crippen LogP) is 3.74. The fraction of sp³-hybridized carbons (Fsp3) is 0.125. The van der Waals surface area contributed by atoms with E-state index in [9.17, 15) is 0 Å². The lowest BCUT2D eigenvalue weighted by molar-refractivity contribution is 1.18. The van der Waals surface area contributed by atoms with E-state index < -0.39 is 0 Å².